The van der Waals surface area contributed by atoms with Crippen molar-refractivity contribution in [3.05, 3.63) is 29.3 Å². The molecule has 2 rings (SSSR count). The number of amides is 1. The first-order valence-corrected chi connectivity index (χ1v) is 8.74. The first-order valence-electron chi connectivity index (χ1n) is 8.74. The summed E-state index contributed by atoms with van der Waals surface area (Å²) < 4.78 is 15.9. The van der Waals surface area contributed by atoms with Crippen molar-refractivity contribution in [2.24, 2.45) is 5.92 Å². The highest BCUT2D eigenvalue weighted by molar-refractivity contribution is 5.84. The Labute approximate surface area is 149 Å². The lowest BCUT2D eigenvalue weighted by atomic mass is 9.92. The van der Waals surface area contributed by atoms with Crippen LogP contribution in [-0.2, 0) is 20.7 Å². The average molecular weight is 349 g/mol. The van der Waals surface area contributed by atoms with Crippen molar-refractivity contribution >= 4 is 12.1 Å². The standard InChI is InChI=1S/C19H27NO5/c1-5-10-24-15-6-7-16-14(11-15)8-9-20(17(16)18(21)23-4)19(22)25-12-13(2)3/h6-7,11,13,17H,5,8-10,12H2,1-4H3. The third-order valence-electron chi connectivity index (χ3n) is 4.01. The largest absolute Gasteiger partial charge is 0.494 e. The van der Waals surface area contributed by atoms with Crippen molar-refractivity contribution in [1.29, 1.82) is 0 Å². The summed E-state index contributed by atoms with van der Waals surface area (Å²) in [4.78, 5) is 26.2. The summed E-state index contributed by atoms with van der Waals surface area (Å²) in [5.74, 6) is 0.542. The van der Waals surface area contributed by atoms with E-state index in [1.165, 1.54) is 12.0 Å². The Bertz CT molecular complexity index is 614. The van der Waals surface area contributed by atoms with Crippen molar-refractivity contribution in [1.82, 2.24) is 4.90 Å². The molecule has 138 valence electrons. The van der Waals surface area contributed by atoms with E-state index in [1.54, 1.807) is 0 Å². The maximum Gasteiger partial charge on any atom is 0.410 e. The van der Waals surface area contributed by atoms with Crippen LogP contribution < -0.4 is 4.74 Å². The average Bonchev–Trinajstić information content (AvgIpc) is 2.62. The van der Waals surface area contributed by atoms with Gasteiger partial charge in [0.05, 0.1) is 20.3 Å². The van der Waals surface area contributed by atoms with Gasteiger partial charge >= 0.3 is 12.1 Å². The lowest BCUT2D eigenvalue weighted by Gasteiger charge is -2.35. The van der Waals surface area contributed by atoms with Crippen LogP contribution in [0.15, 0.2) is 18.2 Å². The Hall–Kier alpha value is -2.24. The second-order valence-corrected chi connectivity index (χ2v) is 6.55. The van der Waals surface area contributed by atoms with E-state index in [-0.39, 0.29) is 5.92 Å². The van der Waals surface area contributed by atoms with Crippen LogP contribution in [0.1, 0.15) is 44.4 Å². The number of hydrogen-bond acceptors (Lipinski definition) is 5. The normalized spacial score (nSPS) is 16.4. The van der Waals surface area contributed by atoms with Gasteiger partial charge in [-0.25, -0.2) is 9.59 Å². The minimum absolute atomic E-state index is 0.232. The summed E-state index contributed by atoms with van der Waals surface area (Å²) in [5.41, 5.74) is 1.76. The van der Waals surface area contributed by atoms with E-state index >= 15 is 0 Å². The van der Waals surface area contributed by atoms with Gasteiger partial charge in [0, 0.05) is 6.54 Å². The van der Waals surface area contributed by atoms with Crippen molar-refractivity contribution in [3.8, 4) is 5.75 Å². The monoisotopic (exact) mass is 349 g/mol. The van der Waals surface area contributed by atoms with Gasteiger partial charge in [-0.3, -0.25) is 4.90 Å². The Kier molecular flexibility index (Phi) is 6.67. The molecule has 0 aromatic heterocycles. The van der Waals surface area contributed by atoms with Crippen LogP contribution in [0.4, 0.5) is 4.79 Å². The van der Waals surface area contributed by atoms with Crippen LogP contribution in [0.2, 0.25) is 0 Å². The van der Waals surface area contributed by atoms with Crippen LogP contribution in [0.3, 0.4) is 0 Å². The highest BCUT2D eigenvalue weighted by Gasteiger charge is 2.37. The predicted octanol–water partition coefficient (Wildman–Crippen LogP) is 3.34. The van der Waals surface area contributed by atoms with E-state index < -0.39 is 18.1 Å². The van der Waals surface area contributed by atoms with Crippen molar-refractivity contribution < 1.29 is 23.8 Å². The van der Waals surface area contributed by atoms with E-state index in [0.29, 0.717) is 26.2 Å². The summed E-state index contributed by atoms with van der Waals surface area (Å²) >= 11 is 0. The zero-order valence-electron chi connectivity index (χ0n) is 15.4. The minimum atomic E-state index is -0.784. The Morgan fingerprint density at radius 1 is 1.32 bits per heavy atom. The highest BCUT2D eigenvalue weighted by atomic mass is 16.6. The smallest absolute Gasteiger partial charge is 0.410 e. The van der Waals surface area contributed by atoms with Gasteiger partial charge in [-0.2, -0.15) is 0 Å². The third kappa shape index (κ3) is 4.65. The summed E-state index contributed by atoms with van der Waals surface area (Å²) in [6.07, 6.45) is 1.08. The van der Waals surface area contributed by atoms with Crippen LogP contribution in [-0.4, -0.2) is 43.8 Å². The number of carbonyl (C=O) groups excluding carboxylic acids is 2. The van der Waals surface area contributed by atoms with Gasteiger partial charge in [0.15, 0.2) is 6.04 Å². The minimum Gasteiger partial charge on any atom is -0.494 e. The van der Waals surface area contributed by atoms with Crippen LogP contribution >= 0.6 is 0 Å². The van der Waals surface area contributed by atoms with Gasteiger partial charge in [0.2, 0.25) is 0 Å². The molecule has 6 heteroatoms. The number of benzene rings is 1. The van der Waals surface area contributed by atoms with E-state index in [1.807, 2.05) is 39.0 Å². The van der Waals surface area contributed by atoms with Crippen LogP contribution in [0.25, 0.3) is 0 Å². The number of fused-ring (bicyclic) bond motifs is 1. The van der Waals surface area contributed by atoms with Crippen molar-refractivity contribution in [2.75, 3.05) is 26.9 Å². The first-order chi connectivity index (χ1) is 12.0. The number of carbonyl (C=O) groups is 2. The zero-order valence-corrected chi connectivity index (χ0v) is 15.4. The van der Waals surface area contributed by atoms with Crippen molar-refractivity contribution in [2.45, 2.75) is 39.7 Å². The maximum absolute atomic E-state index is 12.4. The van der Waals surface area contributed by atoms with E-state index in [9.17, 15) is 9.59 Å². The summed E-state index contributed by atoms with van der Waals surface area (Å²) in [6, 6.07) is 4.82. The lowest BCUT2D eigenvalue weighted by molar-refractivity contribution is -0.147. The topological polar surface area (TPSA) is 65.1 Å². The molecule has 0 radical (unpaired) electrons. The zero-order chi connectivity index (χ0) is 18.4. The molecule has 1 aromatic carbocycles. The molecule has 6 nitrogen and oxygen atoms in total. The maximum atomic E-state index is 12.4. The third-order valence-corrected chi connectivity index (χ3v) is 4.01. The molecule has 1 heterocycles. The van der Waals surface area contributed by atoms with Crippen molar-refractivity contribution in [3.63, 3.8) is 0 Å². The summed E-state index contributed by atoms with van der Waals surface area (Å²) in [5, 5.41) is 0. The highest BCUT2D eigenvalue weighted by Crippen LogP contribution is 2.33. The molecule has 1 unspecified atom stereocenters. The number of nitrogens with zero attached hydrogens (tertiary/aromatic N) is 1. The number of esters is 1. The lowest BCUT2D eigenvalue weighted by Crippen LogP contribution is -2.44. The molecule has 0 fully saturated rings. The van der Waals surface area contributed by atoms with Crippen LogP contribution in [0.5, 0.6) is 5.75 Å². The molecule has 0 saturated carbocycles. The molecular weight excluding hydrogens is 322 g/mol. The summed E-state index contributed by atoms with van der Waals surface area (Å²) in [6.45, 7) is 7.35. The molecule has 0 N–H and O–H groups in total. The van der Waals surface area contributed by atoms with Gasteiger partial charge in [-0.05, 0) is 42.0 Å². The molecule has 1 aliphatic rings. The molecule has 0 saturated heterocycles. The van der Waals surface area contributed by atoms with E-state index in [0.717, 1.165) is 23.3 Å². The fraction of sp³-hybridized carbons (Fsp3) is 0.579. The van der Waals surface area contributed by atoms with Gasteiger partial charge in [0.25, 0.3) is 0 Å². The molecular formula is C19H27NO5. The molecule has 1 aliphatic heterocycles. The first kappa shape index (κ1) is 19.1. The number of ether oxygens (including phenoxy) is 3. The van der Waals surface area contributed by atoms with Gasteiger partial charge < -0.3 is 14.2 Å². The van der Waals surface area contributed by atoms with Crippen LogP contribution in [0, 0.1) is 5.92 Å². The Morgan fingerprint density at radius 3 is 2.72 bits per heavy atom. The second kappa shape index (κ2) is 8.74. The quantitative estimate of drug-likeness (QED) is 0.737. The van der Waals surface area contributed by atoms with Gasteiger partial charge in [-0.15, -0.1) is 0 Å². The Balaban J connectivity index is 2.25. The number of rotatable bonds is 6. The van der Waals surface area contributed by atoms with E-state index in [2.05, 4.69) is 0 Å². The molecule has 0 spiro atoms. The number of methoxy groups -OCH3 is 1. The molecule has 0 bridgehead atoms. The van der Waals surface area contributed by atoms with Gasteiger partial charge in [0.1, 0.15) is 5.75 Å². The van der Waals surface area contributed by atoms with E-state index in [4.69, 9.17) is 14.2 Å². The fourth-order valence-corrected chi connectivity index (χ4v) is 2.80. The second-order valence-electron chi connectivity index (χ2n) is 6.55. The Morgan fingerprint density at radius 2 is 2.08 bits per heavy atom. The summed E-state index contributed by atoms with van der Waals surface area (Å²) in [7, 11) is 1.33. The predicted molar refractivity (Wildman–Crippen MR) is 93.6 cm³/mol. The number of hydrogen-bond donors (Lipinski definition) is 0. The molecule has 25 heavy (non-hydrogen) atoms. The molecule has 1 aromatic rings. The fourth-order valence-electron chi connectivity index (χ4n) is 2.80. The molecule has 1 atom stereocenters. The molecule has 0 aliphatic carbocycles. The van der Waals surface area contributed by atoms with Gasteiger partial charge in [-0.1, -0.05) is 26.8 Å². The molecule has 1 amide bonds. The SMILES string of the molecule is CCCOc1ccc2c(c1)CCN(C(=O)OCC(C)C)C2C(=O)OC.